The molecule has 4 amide bonds. The Kier molecular flexibility index (Phi) is 10.1. The molecule has 12 heteroatoms. The first-order valence-corrected chi connectivity index (χ1v) is 14.8. The molecule has 1 fully saturated rings. The lowest BCUT2D eigenvalue weighted by Gasteiger charge is -2.28. The van der Waals surface area contributed by atoms with Gasteiger partial charge < -0.3 is 26.3 Å². The third-order valence-corrected chi connectivity index (χ3v) is 7.60. The number of amides is 4. The fourth-order valence-electron chi connectivity index (χ4n) is 4.99. The fraction of sp³-hybridized carbons (Fsp3) is 0.387. The Labute approximate surface area is 259 Å². The fourth-order valence-corrected chi connectivity index (χ4v) is 5.53. The van der Waals surface area contributed by atoms with E-state index < -0.39 is 47.0 Å². The molecule has 228 valence electrons. The number of nitrogens with one attached hydrogen (secondary N) is 5. The maximum atomic E-state index is 13.8. The SMILES string of the molecule is CC(C)(C)NC(=O)C(=O)C(C[C@@H]1CCCNC1=O)NC(=O)[C@H](Cc1ccccc1)NC(=O)c1cc2c(Cl)cc(Cl)cc2[nH]1. The van der Waals surface area contributed by atoms with Crippen LogP contribution in [-0.4, -0.2) is 58.6 Å². The van der Waals surface area contributed by atoms with Gasteiger partial charge in [0.05, 0.1) is 11.1 Å². The molecule has 1 unspecified atom stereocenters. The van der Waals surface area contributed by atoms with Crippen LogP contribution in [0.15, 0.2) is 48.5 Å². The summed E-state index contributed by atoms with van der Waals surface area (Å²) in [4.78, 5) is 68.8. The molecular weight excluding hydrogens is 593 g/mol. The molecule has 1 aliphatic rings. The average molecular weight is 629 g/mol. The molecule has 3 aromatic rings. The highest BCUT2D eigenvalue weighted by molar-refractivity contribution is 6.39. The average Bonchev–Trinajstić information content (AvgIpc) is 3.37. The minimum absolute atomic E-state index is 0.0543. The van der Waals surface area contributed by atoms with Crippen LogP contribution in [0, 0.1) is 5.92 Å². The lowest BCUT2D eigenvalue weighted by molar-refractivity contribution is -0.142. The van der Waals surface area contributed by atoms with Crippen molar-refractivity contribution in [2.45, 2.75) is 64.1 Å². The van der Waals surface area contributed by atoms with Crippen LogP contribution in [0.25, 0.3) is 10.9 Å². The summed E-state index contributed by atoms with van der Waals surface area (Å²) in [5.41, 5.74) is 0.767. The summed E-state index contributed by atoms with van der Waals surface area (Å²) in [5, 5.41) is 12.2. The Bertz CT molecular complexity index is 1530. The van der Waals surface area contributed by atoms with Gasteiger partial charge in [-0.2, -0.15) is 0 Å². The predicted octanol–water partition coefficient (Wildman–Crippen LogP) is 3.70. The third-order valence-electron chi connectivity index (χ3n) is 7.07. The van der Waals surface area contributed by atoms with Gasteiger partial charge in [-0.05, 0) is 63.8 Å². The van der Waals surface area contributed by atoms with Gasteiger partial charge in [-0.25, -0.2) is 0 Å². The van der Waals surface area contributed by atoms with Gasteiger partial charge in [-0.15, -0.1) is 0 Å². The van der Waals surface area contributed by atoms with E-state index in [2.05, 4.69) is 26.3 Å². The number of aromatic amines is 1. The van der Waals surface area contributed by atoms with Crippen LogP contribution in [0.5, 0.6) is 0 Å². The van der Waals surface area contributed by atoms with Crippen molar-refractivity contribution in [3.8, 4) is 0 Å². The molecule has 0 saturated carbocycles. The molecule has 2 heterocycles. The molecule has 1 aliphatic heterocycles. The first-order chi connectivity index (χ1) is 20.3. The summed E-state index contributed by atoms with van der Waals surface area (Å²) in [6, 6.07) is 11.4. The van der Waals surface area contributed by atoms with Gasteiger partial charge in [0.15, 0.2) is 0 Å². The third kappa shape index (κ3) is 8.58. The standard InChI is InChI=1S/C31H35Cl2N5O5/c1-31(2,3)38-30(43)26(39)23(13-18-10-7-11-34-27(18)40)36-28(41)24(12-17-8-5-4-6-9-17)37-29(42)25-16-20-21(33)14-19(32)15-22(20)35-25/h4-6,8-9,14-16,18,23-24,35H,7,10-13H2,1-3H3,(H,34,40)(H,36,41)(H,37,42)(H,38,43)/t18-,23?,24-/m0/s1. The Morgan fingerprint density at radius 1 is 1.00 bits per heavy atom. The number of H-pyrrole nitrogens is 1. The van der Waals surface area contributed by atoms with Crippen LogP contribution >= 0.6 is 23.2 Å². The van der Waals surface area contributed by atoms with Gasteiger partial charge in [0.2, 0.25) is 17.6 Å². The predicted molar refractivity (Wildman–Crippen MR) is 165 cm³/mol. The number of hydrogen-bond acceptors (Lipinski definition) is 5. The topological polar surface area (TPSA) is 149 Å². The molecule has 1 saturated heterocycles. The minimum Gasteiger partial charge on any atom is -0.356 e. The number of piperidine rings is 1. The maximum Gasteiger partial charge on any atom is 0.290 e. The van der Waals surface area contributed by atoms with E-state index in [1.807, 2.05) is 18.2 Å². The molecule has 5 N–H and O–H groups in total. The number of fused-ring (bicyclic) bond motifs is 1. The van der Waals surface area contributed by atoms with Crippen molar-refractivity contribution in [3.63, 3.8) is 0 Å². The molecule has 0 spiro atoms. The maximum absolute atomic E-state index is 13.8. The van der Waals surface area contributed by atoms with Crippen molar-refractivity contribution in [2.24, 2.45) is 5.92 Å². The van der Waals surface area contributed by atoms with Crippen molar-refractivity contribution in [2.75, 3.05) is 6.54 Å². The van der Waals surface area contributed by atoms with Gasteiger partial charge in [-0.3, -0.25) is 24.0 Å². The van der Waals surface area contributed by atoms with E-state index >= 15 is 0 Å². The molecule has 0 bridgehead atoms. The van der Waals surface area contributed by atoms with Gasteiger partial charge in [-0.1, -0.05) is 53.5 Å². The van der Waals surface area contributed by atoms with E-state index in [1.54, 1.807) is 51.1 Å². The van der Waals surface area contributed by atoms with Crippen molar-refractivity contribution in [1.29, 1.82) is 0 Å². The molecule has 0 aliphatic carbocycles. The van der Waals surface area contributed by atoms with Gasteiger partial charge in [0.1, 0.15) is 11.7 Å². The van der Waals surface area contributed by atoms with Gasteiger partial charge in [0.25, 0.3) is 11.8 Å². The summed E-state index contributed by atoms with van der Waals surface area (Å²) < 4.78 is 0. The minimum atomic E-state index is -1.28. The molecule has 4 rings (SSSR count). The van der Waals surface area contributed by atoms with Crippen LogP contribution in [0.1, 0.15) is 56.1 Å². The zero-order valence-electron chi connectivity index (χ0n) is 24.2. The number of rotatable bonds is 10. The number of halogens is 2. The zero-order chi connectivity index (χ0) is 31.3. The monoisotopic (exact) mass is 627 g/mol. The highest BCUT2D eigenvalue weighted by Gasteiger charge is 2.36. The van der Waals surface area contributed by atoms with E-state index in [4.69, 9.17) is 23.2 Å². The van der Waals surface area contributed by atoms with Crippen LogP contribution < -0.4 is 21.3 Å². The molecule has 2 aromatic carbocycles. The molecule has 1 aromatic heterocycles. The lowest BCUT2D eigenvalue weighted by Crippen LogP contribution is -2.57. The molecule has 3 atom stereocenters. The summed E-state index contributed by atoms with van der Waals surface area (Å²) in [5.74, 6) is -3.79. The van der Waals surface area contributed by atoms with Crippen molar-refractivity contribution in [1.82, 2.24) is 26.3 Å². The summed E-state index contributed by atoms with van der Waals surface area (Å²) in [7, 11) is 0. The molecule has 0 radical (unpaired) electrons. The van der Waals surface area contributed by atoms with Crippen molar-refractivity contribution < 1.29 is 24.0 Å². The highest BCUT2D eigenvalue weighted by atomic mass is 35.5. The summed E-state index contributed by atoms with van der Waals surface area (Å²) in [6.45, 7) is 5.73. The van der Waals surface area contributed by atoms with E-state index in [-0.39, 0.29) is 24.4 Å². The first kappa shape index (κ1) is 32.0. The number of carbonyl (C=O) groups is 5. The van der Waals surface area contributed by atoms with Crippen LogP contribution in [0.4, 0.5) is 0 Å². The smallest absolute Gasteiger partial charge is 0.290 e. The van der Waals surface area contributed by atoms with Crippen molar-refractivity contribution in [3.05, 3.63) is 69.8 Å². The van der Waals surface area contributed by atoms with E-state index in [9.17, 15) is 24.0 Å². The van der Waals surface area contributed by atoms with Crippen molar-refractivity contribution >= 4 is 63.5 Å². The number of hydrogen-bond donors (Lipinski definition) is 5. The number of Topliss-reactive ketones (excluding diaryl/α,β-unsaturated/α-hetero) is 1. The Morgan fingerprint density at radius 2 is 1.72 bits per heavy atom. The normalized spacial score (nSPS) is 16.6. The van der Waals surface area contributed by atoms with Gasteiger partial charge >= 0.3 is 0 Å². The molecule has 43 heavy (non-hydrogen) atoms. The van der Waals surface area contributed by atoms with Crippen LogP contribution in [-0.2, 0) is 25.6 Å². The Morgan fingerprint density at radius 3 is 2.40 bits per heavy atom. The number of benzene rings is 2. The quantitative estimate of drug-likeness (QED) is 0.217. The first-order valence-electron chi connectivity index (χ1n) is 14.1. The lowest BCUT2D eigenvalue weighted by atomic mass is 9.89. The summed E-state index contributed by atoms with van der Waals surface area (Å²) in [6.07, 6.45) is 1.28. The Balaban J connectivity index is 1.60. The van der Waals surface area contributed by atoms with Crippen LogP contribution in [0.3, 0.4) is 0 Å². The molecule has 10 nitrogen and oxygen atoms in total. The number of ketones is 1. The largest absolute Gasteiger partial charge is 0.356 e. The highest BCUT2D eigenvalue weighted by Crippen LogP contribution is 2.28. The number of carbonyl (C=O) groups excluding carboxylic acids is 5. The molecular formula is C31H35Cl2N5O5. The number of aromatic nitrogens is 1. The summed E-state index contributed by atoms with van der Waals surface area (Å²) >= 11 is 12.4. The van der Waals surface area contributed by atoms with E-state index in [1.165, 1.54) is 0 Å². The second-order valence-corrected chi connectivity index (χ2v) is 12.6. The zero-order valence-corrected chi connectivity index (χ0v) is 25.7. The second kappa shape index (κ2) is 13.6. The van der Waals surface area contributed by atoms with E-state index in [0.717, 1.165) is 5.56 Å². The van der Waals surface area contributed by atoms with Gasteiger partial charge in [0, 0.05) is 40.3 Å². The van der Waals surface area contributed by atoms with E-state index in [0.29, 0.717) is 40.3 Å². The van der Waals surface area contributed by atoms with Crippen LogP contribution in [0.2, 0.25) is 10.0 Å². The Hall–Kier alpha value is -3.89. The second-order valence-electron chi connectivity index (χ2n) is 11.7.